The van der Waals surface area contributed by atoms with Crippen LogP contribution in [0.2, 0.25) is 0 Å². The van der Waals surface area contributed by atoms with Crippen LogP contribution in [-0.4, -0.2) is 37.4 Å². The van der Waals surface area contributed by atoms with E-state index in [0.29, 0.717) is 17.9 Å². The van der Waals surface area contributed by atoms with Gasteiger partial charge in [0.1, 0.15) is 21.7 Å². The zero-order valence-electron chi connectivity index (χ0n) is 10.3. The number of aromatic nitrogens is 2. The van der Waals surface area contributed by atoms with Gasteiger partial charge in [-0.25, -0.2) is 14.8 Å². The number of aryl methyl sites for hydroxylation is 2. The summed E-state index contributed by atoms with van der Waals surface area (Å²) in [5.41, 5.74) is 0.333. The number of carbonyl (C=O) groups is 2. The van der Waals surface area contributed by atoms with Crippen molar-refractivity contribution in [1.29, 1.82) is 0 Å². The molecule has 1 aromatic heterocycles. The van der Waals surface area contributed by atoms with Gasteiger partial charge in [-0.2, -0.15) is 0 Å². The number of hydrogen-bond donors (Lipinski definition) is 2. The SMILES string of the molecule is CCc1nc(C)c(C(=O)O)c(SC(C)C(=O)O)n1. The summed E-state index contributed by atoms with van der Waals surface area (Å²) in [4.78, 5) is 30.1. The summed E-state index contributed by atoms with van der Waals surface area (Å²) >= 11 is 0.919. The highest BCUT2D eigenvalue weighted by molar-refractivity contribution is 8.00. The van der Waals surface area contributed by atoms with Gasteiger partial charge < -0.3 is 10.2 Å². The maximum Gasteiger partial charge on any atom is 0.340 e. The molecule has 1 aromatic rings. The number of rotatable bonds is 5. The lowest BCUT2D eigenvalue weighted by molar-refractivity contribution is -0.136. The van der Waals surface area contributed by atoms with E-state index in [-0.39, 0.29) is 10.6 Å². The van der Waals surface area contributed by atoms with Crippen LogP contribution in [0.1, 0.15) is 35.7 Å². The first kappa shape index (κ1) is 14.4. The third-order valence-corrected chi connectivity index (χ3v) is 3.34. The molecule has 1 atom stereocenters. The Labute approximate surface area is 108 Å². The van der Waals surface area contributed by atoms with Gasteiger partial charge in [-0.15, -0.1) is 0 Å². The summed E-state index contributed by atoms with van der Waals surface area (Å²) in [6.07, 6.45) is 0.565. The molecule has 0 amide bonds. The van der Waals surface area contributed by atoms with E-state index in [1.165, 1.54) is 6.92 Å². The predicted molar refractivity (Wildman–Crippen MR) is 66.1 cm³/mol. The van der Waals surface area contributed by atoms with Gasteiger partial charge in [0.25, 0.3) is 0 Å². The van der Waals surface area contributed by atoms with E-state index in [0.717, 1.165) is 11.8 Å². The highest BCUT2D eigenvalue weighted by Crippen LogP contribution is 2.27. The second-order valence-electron chi connectivity index (χ2n) is 3.66. The number of carboxylic acid groups (broad SMARTS) is 2. The fourth-order valence-corrected chi connectivity index (χ4v) is 2.26. The number of carboxylic acids is 2. The van der Waals surface area contributed by atoms with Crippen LogP contribution in [0.4, 0.5) is 0 Å². The van der Waals surface area contributed by atoms with Crippen molar-refractivity contribution in [3.8, 4) is 0 Å². The van der Waals surface area contributed by atoms with Gasteiger partial charge in [0.2, 0.25) is 0 Å². The molecule has 6 nitrogen and oxygen atoms in total. The lowest BCUT2D eigenvalue weighted by Gasteiger charge is -2.11. The molecular weight excluding hydrogens is 256 g/mol. The molecule has 0 bridgehead atoms. The smallest absolute Gasteiger partial charge is 0.340 e. The summed E-state index contributed by atoms with van der Waals surface area (Å²) in [5, 5.41) is 17.4. The van der Waals surface area contributed by atoms with Crippen molar-refractivity contribution in [2.24, 2.45) is 0 Å². The third kappa shape index (κ3) is 3.19. The van der Waals surface area contributed by atoms with Gasteiger partial charge in [-0.3, -0.25) is 4.79 Å². The van der Waals surface area contributed by atoms with Crippen LogP contribution < -0.4 is 0 Å². The molecule has 1 heterocycles. The summed E-state index contributed by atoms with van der Waals surface area (Å²) in [7, 11) is 0. The molecule has 0 spiro atoms. The highest BCUT2D eigenvalue weighted by Gasteiger charge is 2.22. The van der Waals surface area contributed by atoms with Crippen LogP contribution in [0.15, 0.2) is 5.03 Å². The third-order valence-electron chi connectivity index (χ3n) is 2.27. The minimum Gasteiger partial charge on any atom is -0.480 e. The molecule has 7 heteroatoms. The van der Waals surface area contributed by atoms with Crippen LogP contribution >= 0.6 is 11.8 Å². The maximum absolute atomic E-state index is 11.2. The quantitative estimate of drug-likeness (QED) is 0.619. The molecule has 0 aliphatic carbocycles. The lowest BCUT2D eigenvalue weighted by atomic mass is 10.2. The van der Waals surface area contributed by atoms with Crippen molar-refractivity contribution >= 4 is 23.7 Å². The summed E-state index contributed by atoms with van der Waals surface area (Å²) < 4.78 is 0. The first-order valence-corrected chi connectivity index (χ1v) is 6.25. The number of hydrogen-bond acceptors (Lipinski definition) is 5. The lowest BCUT2D eigenvalue weighted by Crippen LogP contribution is -2.15. The fourth-order valence-electron chi connectivity index (χ4n) is 1.31. The average molecular weight is 270 g/mol. The molecule has 98 valence electrons. The molecule has 2 N–H and O–H groups in total. The number of aromatic carboxylic acids is 1. The Balaban J connectivity index is 3.25. The first-order chi connectivity index (χ1) is 8.36. The number of aliphatic carboxylic acids is 1. The van der Waals surface area contributed by atoms with E-state index in [1.54, 1.807) is 6.92 Å². The monoisotopic (exact) mass is 270 g/mol. The molecule has 0 aliphatic rings. The van der Waals surface area contributed by atoms with Crippen molar-refractivity contribution in [2.75, 3.05) is 0 Å². The van der Waals surface area contributed by atoms with Crippen molar-refractivity contribution < 1.29 is 19.8 Å². The van der Waals surface area contributed by atoms with Crippen LogP contribution in [0.25, 0.3) is 0 Å². The van der Waals surface area contributed by atoms with Crippen molar-refractivity contribution in [2.45, 2.75) is 37.5 Å². The molecule has 0 radical (unpaired) electrons. The van der Waals surface area contributed by atoms with Gasteiger partial charge in [-0.1, -0.05) is 18.7 Å². The zero-order valence-corrected chi connectivity index (χ0v) is 11.1. The topological polar surface area (TPSA) is 100 Å². The van der Waals surface area contributed by atoms with E-state index >= 15 is 0 Å². The van der Waals surface area contributed by atoms with Crippen molar-refractivity contribution in [1.82, 2.24) is 9.97 Å². The standard InChI is InChI=1S/C11H14N2O4S/c1-4-7-12-5(2)8(11(16)17)9(13-7)18-6(3)10(14)15/h6H,4H2,1-3H3,(H,14,15)(H,16,17). The van der Waals surface area contributed by atoms with Crippen molar-refractivity contribution in [3.05, 3.63) is 17.1 Å². The first-order valence-electron chi connectivity index (χ1n) is 5.37. The molecule has 1 rings (SSSR count). The van der Waals surface area contributed by atoms with Crippen LogP contribution in [0.5, 0.6) is 0 Å². The Morgan fingerprint density at radius 1 is 1.33 bits per heavy atom. The van der Waals surface area contributed by atoms with E-state index in [4.69, 9.17) is 10.2 Å². The summed E-state index contributed by atoms with van der Waals surface area (Å²) in [6, 6.07) is 0. The van der Waals surface area contributed by atoms with E-state index in [1.807, 2.05) is 6.92 Å². The Kier molecular flexibility index (Phi) is 4.66. The van der Waals surface area contributed by atoms with E-state index in [2.05, 4.69) is 9.97 Å². The average Bonchev–Trinajstić information content (AvgIpc) is 2.27. The van der Waals surface area contributed by atoms with E-state index in [9.17, 15) is 9.59 Å². The van der Waals surface area contributed by atoms with Gasteiger partial charge >= 0.3 is 11.9 Å². The fraction of sp³-hybridized carbons (Fsp3) is 0.455. The summed E-state index contributed by atoms with van der Waals surface area (Å²) in [5.74, 6) is -1.64. The Hall–Kier alpha value is -1.63. The maximum atomic E-state index is 11.2. The molecule has 0 saturated carbocycles. The molecular formula is C11H14N2O4S. The Morgan fingerprint density at radius 3 is 2.39 bits per heavy atom. The highest BCUT2D eigenvalue weighted by atomic mass is 32.2. The molecule has 18 heavy (non-hydrogen) atoms. The van der Waals surface area contributed by atoms with Gasteiger partial charge in [0.05, 0.1) is 5.69 Å². The largest absolute Gasteiger partial charge is 0.480 e. The molecule has 0 fully saturated rings. The molecule has 0 aliphatic heterocycles. The van der Waals surface area contributed by atoms with Crippen LogP contribution in [-0.2, 0) is 11.2 Å². The molecule has 1 unspecified atom stereocenters. The van der Waals surface area contributed by atoms with E-state index < -0.39 is 17.2 Å². The minimum absolute atomic E-state index is 0.0229. The number of thioether (sulfide) groups is 1. The second kappa shape index (κ2) is 5.81. The summed E-state index contributed by atoms with van der Waals surface area (Å²) in [6.45, 7) is 4.92. The molecule has 0 saturated heterocycles. The van der Waals surface area contributed by atoms with Crippen LogP contribution in [0.3, 0.4) is 0 Å². The number of nitrogens with zero attached hydrogens (tertiary/aromatic N) is 2. The van der Waals surface area contributed by atoms with Gasteiger partial charge in [0, 0.05) is 6.42 Å². The normalized spacial score (nSPS) is 12.2. The zero-order chi connectivity index (χ0) is 13.9. The van der Waals surface area contributed by atoms with Crippen LogP contribution in [0, 0.1) is 6.92 Å². The van der Waals surface area contributed by atoms with Crippen molar-refractivity contribution in [3.63, 3.8) is 0 Å². The molecule has 0 aromatic carbocycles. The minimum atomic E-state index is -1.14. The Morgan fingerprint density at radius 2 is 1.94 bits per heavy atom. The van der Waals surface area contributed by atoms with Gasteiger partial charge in [0.15, 0.2) is 0 Å². The predicted octanol–water partition coefficient (Wildman–Crippen LogP) is 1.61. The second-order valence-corrected chi connectivity index (χ2v) is 4.99. The Bertz CT molecular complexity index is 490. The van der Waals surface area contributed by atoms with Gasteiger partial charge in [-0.05, 0) is 13.8 Å².